The molecule has 0 radical (unpaired) electrons. The van der Waals surface area contributed by atoms with E-state index in [0.717, 1.165) is 23.7 Å². The summed E-state index contributed by atoms with van der Waals surface area (Å²) in [5.74, 6) is 0.774. The molecule has 2 aliphatic rings. The highest BCUT2D eigenvalue weighted by atomic mass is 16.6. The predicted octanol–water partition coefficient (Wildman–Crippen LogP) is 1.76. The average molecular weight is 263 g/mol. The minimum Gasteiger partial charge on any atom is -0.486 e. The van der Waals surface area contributed by atoms with E-state index in [-0.39, 0.29) is 0 Å². The maximum Gasteiger partial charge on any atom is 0.311 e. The number of anilines is 1. The minimum atomic E-state index is -0.729. The Bertz CT molecular complexity index is 516. The summed E-state index contributed by atoms with van der Waals surface area (Å²) in [5, 5.41) is 9.26. The van der Waals surface area contributed by atoms with Gasteiger partial charge in [0, 0.05) is 24.8 Å². The molecule has 1 aromatic rings. The Morgan fingerprint density at radius 3 is 2.74 bits per heavy atom. The van der Waals surface area contributed by atoms with Gasteiger partial charge in [0.1, 0.15) is 13.2 Å². The summed E-state index contributed by atoms with van der Waals surface area (Å²) < 4.78 is 11.0. The zero-order chi connectivity index (χ0) is 13.5. The van der Waals surface area contributed by atoms with E-state index in [1.165, 1.54) is 0 Å². The van der Waals surface area contributed by atoms with E-state index >= 15 is 0 Å². The van der Waals surface area contributed by atoms with Gasteiger partial charge in [-0.05, 0) is 25.5 Å². The first kappa shape index (κ1) is 12.1. The van der Waals surface area contributed by atoms with Crippen molar-refractivity contribution < 1.29 is 19.4 Å². The van der Waals surface area contributed by atoms with Gasteiger partial charge >= 0.3 is 5.97 Å². The van der Waals surface area contributed by atoms with E-state index in [4.69, 9.17) is 9.47 Å². The molecule has 0 spiro atoms. The number of fused-ring (bicyclic) bond motifs is 1. The molecule has 5 heteroatoms. The van der Waals surface area contributed by atoms with Crippen LogP contribution in [-0.4, -0.2) is 37.4 Å². The van der Waals surface area contributed by atoms with Crippen molar-refractivity contribution in [2.24, 2.45) is 5.41 Å². The standard InChI is InChI=1S/C14H17NO4/c1-14(13(16)17)4-5-15(9-14)10-2-3-11-12(8-10)19-7-6-18-11/h2-3,8H,4-7,9H2,1H3,(H,16,17). The topological polar surface area (TPSA) is 59.0 Å². The molecule has 2 aliphatic heterocycles. The second-order valence-corrected chi connectivity index (χ2v) is 5.37. The molecule has 0 saturated carbocycles. The van der Waals surface area contributed by atoms with E-state index in [0.29, 0.717) is 26.2 Å². The lowest BCUT2D eigenvalue weighted by Crippen LogP contribution is -2.31. The van der Waals surface area contributed by atoms with E-state index in [1.54, 1.807) is 6.92 Å². The zero-order valence-corrected chi connectivity index (χ0v) is 10.9. The van der Waals surface area contributed by atoms with Gasteiger partial charge in [-0.1, -0.05) is 0 Å². The van der Waals surface area contributed by atoms with Crippen molar-refractivity contribution in [1.82, 2.24) is 0 Å². The molecule has 0 amide bonds. The second-order valence-electron chi connectivity index (χ2n) is 5.37. The van der Waals surface area contributed by atoms with Gasteiger partial charge in [-0.15, -0.1) is 0 Å². The monoisotopic (exact) mass is 263 g/mol. The molecule has 102 valence electrons. The molecule has 1 fully saturated rings. The summed E-state index contributed by atoms with van der Waals surface area (Å²) >= 11 is 0. The molecule has 2 heterocycles. The Hall–Kier alpha value is -1.91. The van der Waals surface area contributed by atoms with Crippen molar-refractivity contribution in [3.63, 3.8) is 0 Å². The van der Waals surface area contributed by atoms with E-state index in [2.05, 4.69) is 4.90 Å². The van der Waals surface area contributed by atoms with E-state index < -0.39 is 11.4 Å². The maximum atomic E-state index is 11.3. The SMILES string of the molecule is CC1(C(=O)O)CCN(c2ccc3c(c2)OCCO3)C1. The molecule has 0 aliphatic carbocycles. The largest absolute Gasteiger partial charge is 0.486 e. The Morgan fingerprint density at radius 2 is 2.05 bits per heavy atom. The number of carbonyl (C=O) groups is 1. The molecule has 1 saturated heterocycles. The Morgan fingerprint density at radius 1 is 1.32 bits per heavy atom. The maximum absolute atomic E-state index is 11.3. The van der Waals surface area contributed by atoms with Gasteiger partial charge in [0.25, 0.3) is 0 Å². The molecule has 0 aromatic heterocycles. The van der Waals surface area contributed by atoms with Gasteiger partial charge in [0.05, 0.1) is 5.41 Å². The van der Waals surface area contributed by atoms with Crippen LogP contribution in [0.1, 0.15) is 13.3 Å². The van der Waals surface area contributed by atoms with Gasteiger partial charge in [-0.3, -0.25) is 4.79 Å². The lowest BCUT2D eigenvalue weighted by Gasteiger charge is -2.24. The number of ether oxygens (including phenoxy) is 2. The summed E-state index contributed by atoms with van der Waals surface area (Å²) in [7, 11) is 0. The van der Waals surface area contributed by atoms with Crippen LogP contribution in [0, 0.1) is 5.41 Å². The number of benzene rings is 1. The third-order valence-corrected chi connectivity index (χ3v) is 3.88. The van der Waals surface area contributed by atoms with Crippen LogP contribution in [0.4, 0.5) is 5.69 Å². The van der Waals surface area contributed by atoms with Crippen LogP contribution in [0.5, 0.6) is 11.5 Å². The molecule has 1 N–H and O–H groups in total. The van der Waals surface area contributed by atoms with E-state index in [9.17, 15) is 9.90 Å². The molecular formula is C14H17NO4. The van der Waals surface area contributed by atoms with Crippen molar-refractivity contribution in [2.45, 2.75) is 13.3 Å². The molecular weight excluding hydrogens is 246 g/mol. The summed E-state index contributed by atoms with van der Waals surface area (Å²) in [6.45, 7) is 4.22. The first-order valence-corrected chi connectivity index (χ1v) is 6.46. The zero-order valence-electron chi connectivity index (χ0n) is 10.9. The van der Waals surface area contributed by atoms with Gasteiger partial charge in [-0.2, -0.15) is 0 Å². The Balaban J connectivity index is 1.82. The first-order chi connectivity index (χ1) is 9.08. The molecule has 3 rings (SSSR count). The van der Waals surface area contributed by atoms with Crippen molar-refractivity contribution in [3.8, 4) is 11.5 Å². The summed E-state index contributed by atoms with van der Waals surface area (Å²) in [6, 6.07) is 5.78. The summed E-state index contributed by atoms with van der Waals surface area (Å²) in [4.78, 5) is 13.4. The first-order valence-electron chi connectivity index (χ1n) is 6.46. The number of rotatable bonds is 2. The fourth-order valence-electron chi connectivity index (χ4n) is 2.58. The highest BCUT2D eigenvalue weighted by Crippen LogP contribution is 2.38. The van der Waals surface area contributed by atoms with Gasteiger partial charge in [0.2, 0.25) is 0 Å². The smallest absolute Gasteiger partial charge is 0.311 e. The number of carboxylic acid groups (broad SMARTS) is 1. The van der Waals surface area contributed by atoms with Gasteiger partial charge < -0.3 is 19.5 Å². The number of aliphatic carboxylic acids is 1. The lowest BCUT2D eigenvalue weighted by atomic mass is 9.90. The van der Waals surface area contributed by atoms with Crippen molar-refractivity contribution >= 4 is 11.7 Å². The normalized spacial score (nSPS) is 25.4. The molecule has 5 nitrogen and oxygen atoms in total. The second kappa shape index (κ2) is 4.33. The van der Waals surface area contributed by atoms with Crippen LogP contribution in [0.15, 0.2) is 18.2 Å². The van der Waals surface area contributed by atoms with Crippen LogP contribution >= 0.6 is 0 Å². The third-order valence-electron chi connectivity index (χ3n) is 3.88. The van der Waals surface area contributed by atoms with Crippen LogP contribution in [0.2, 0.25) is 0 Å². The molecule has 0 bridgehead atoms. The summed E-state index contributed by atoms with van der Waals surface area (Å²) in [5.41, 5.74) is 0.335. The summed E-state index contributed by atoms with van der Waals surface area (Å²) in [6.07, 6.45) is 0.663. The van der Waals surface area contributed by atoms with Gasteiger partial charge in [-0.25, -0.2) is 0 Å². The fourth-order valence-corrected chi connectivity index (χ4v) is 2.58. The number of carboxylic acids is 1. The Labute approximate surface area is 111 Å². The third kappa shape index (κ3) is 2.09. The number of nitrogens with zero attached hydrogens (tertiary/aromatic N) is 1. The lowest BCUT2D eigenvalue weighted by molar-refractivity contribution is -0.146. The van der Waals surface area contributed by atoms with Crippen LogP contribution in [0.3, 0.4) is 0 Å². The molecule has 19 heavy (non-hydrogen) atoms. The van der Waals surface area contributed by atoms with Crippen LogP contribution < -0.4 is 14.4 Å². The van der Waals surface area contributed by atoms with Crippen molar-refractivity contribution in [3.05, 3.63) is 18.2 Å². The molecule has 1 aromatic carbocycles. The van der Waals surface area contributed by atoms with Crippen LogP contribution in [0.25, 0.3) is 0 Å². The highest BCUT2D eigenvalue weighted by molar-refractivity contribution is 5.76. The quantitative estimate of drug-likeness (QED) is 0.881. The average Bonchev–Trinajstić information content (AvgIpc) is 2.82. The van der Waals surface area contributed by atoms with Crippen molar-refractivity contribution in [2.75, 3.05) is 31.2 Å². The molecule has 1 atom stereocenters. The van der Waals surface area contributed by atoms with Crippen LogP contribution in [-0.2, 0) is 4.79 Å². The van der Waals surface area contributed by atoms with Gasteiger partial charge in [0.15, 0.2) is 11.5 Å². The minimum absolute atomic E-state index is 0.530. The number of hydrogen-bond donors (Lipinski definition) is 1. The Kier molecular flexibility index (Phi) is 2.77. The van der Waals surface area contributed by atoms with Crippen molar-refractivity contribution in [1.29, 1.82) is 0 Å². The predicted molar refractivity (Wildman–Crippen MR) is 70.0 cm³/mol. The number of hydrogen-bond acceptors (Lipinski definition) is 4. The van der Waals surface area contributed by atoms with E-state index in [1.807, 2.05) is 18.2 Å². The molecule has 1 unspecified atom stereocenters. The fraction of sp³-hybridized carbons (Fsp3) is 0.500. The highest BCUT2D eigenvalue weighted by Gasteiger charge is 2.40.